The van der Waals surface area contributed by atoms with E-state index < -0.39 is 0 Å². The Morgan fingerprint density at radius 3 is 2.85 bits per heavy atom. The Morgan fingerprint density at radius 2 is 2.00 bits per heavy atom. The van der Waals surface area contributed by atoms with Gasteiger partial charge in [0.2, 0.25) is 5.91 Å². The van der Waals surface area contributed by atoms with Gasteiger partial charge in [-0.1, -0.05) is 0 Å². The number of nitrogens with zero attached hydrogens (tertiary/aromatic N) is 5. The highest BCUT2D eigenvalue weighted by Gasteiger charge is 2.19. The third-order valence-electron chi connectivity index (χ3n) is 7.11. The molecule has 0 bridgehead atoms. The van der Waals surface area contributed by atoms with E-state index in [1.807, 2.05) is 24.3 Å². The van der Waals surface area contributed by atoms with Crippen LogP contribution < -0.4 is 10.6 Å². The number of pyridine rings is 3. The molecule has 12 heteroatoms. The minimum Gasteiger partial charge on any atom is -0.335 e. The molecule has 7 heterocycles. The first kappa shape index (κ1) is 24.5. The Labute approximate surface area is 231 Å². The summed E-state index contributed by atoms with van der Waals surface area (Å²) in [5, 5.41) is 13.6. The summed E-state index contributed by atoms with van der Waals surface area (Å²) in [5.41, 5.74) is 6.01. The van der Waals surface area contributed by atoms with Crippen LogP contribution in [-0.2, 0) is 4.79 Å². The van der Waals surface area contributed by atoms with Crippen molar-refractivity contribution in [2.24, 2.45) is 5.92 Å². The van der Waals surface area contributed by atoms with Crippen LogP contribution in [0.5, 0.6) is 0 Å². The molecule has 0 radical (unpaired) electrons. The zero-order valence-electron chi connectivity index (χ0n) is 21.2. The lowest BCUT2D eigenvalue weighted by Crippen LogP contribution is -2.30. The molecule has 7 rings (SSSR count). The summed E-state index contributed by atoms with van der Waals surface area (Å²) in [6, 6.07) is 10.7. The van der Waals surface area contributed by atoms with Crippen molar-refractivity contribution in [1.82, 2.24) is 40.4 Å². The molecule has 6 aromatic rings. The lowest BCUT2D eigenvalue weighted by atomic mass is 9.94. The first-order chi connectivity index (χ1) is 19.6. The number of nitrogens with one attached hydrogen (secondary N) is 4. The molecule has 1 saturated heterocycles. The van der Waals surface area contributed by atoms with Gasteiger partial charge in [-0.15, -0.1) is 11.3 Å². The zero-order valence-corrected chi connectivity index (χ0v) is 22.1. The molecule has 1 amide bonds. The molecule has 10 nitrogen and oxygen atoms in total. The summed E-state index contributed by atoms with van der Waals surface area (Å²) >= 11 is 1.07. The second-order valence-electron chi connectivity index (χ2n) is 9.82. The largest absolute Gasteiger partial charge is 0.335 e. The Morgan fingerprint density at radius 1 is 1.10 bits per heavy atom. The molecule has 0 aromatic carbocycles. The third-order valence-corrected chi connectivity index (χ3v) is 8.02. The van der Waals surface area contributed by atoms with Crippen LogP contribution in [0.25, 0.3) is 55.4 Å². The van der Waals surface area contributed by atoms with E-state index in [0.29, 0.717) is 51.9 Å². The number of hydrogen-bond acceptors (Lipinski definition) is 8. The van der Waals surface area contributed by atoms with Crippen molar-refractivity contribution in [2.45, 2.75) is 19.3 Å². The van der Waals surface area contributed by atoms with Gasteiger partial charge < -0.3 is 15.6 Å². The maximum Gasteiger partial charge on any atom is 0.224 e. The highest BCUT2D eigenvalue weighted by atomic mass is 32.1. The number of thiophene rings is 1. The summed E-state index contributed by atoms with van der Waals surface area (Å²) in [6.45, 7) is 1.92. The summed E-state index contributed by atoms with van der Waals surface area (Å²) in [5.74, 6) is 0.895. The van der Waals surface area contributed by atoms with Crippen LogP contribution in [0, 0.1) is 11.0 Å². The number of hydrogen-bond donors (Lipinski definition) is 4. The topological polar surface area (TPSA) is 137 Å². The molecule has 40 heavy (non-hydrogen) atoms. The number of fused-ring (bicyclic) bond motifs is 2. The Bertz CT molecular complexity index is 1850. The van der Waals surface area contributed by atoms with Crippen molar-refractivity contribution in [3.8, 4) is 33.2 Å². The van der Waals surface area contributed by atoms with Crippen molar-refractivity contribution in [2.75, 3.05) is 18.4 Å². The van der Waals surface area contributed by atoms with Crippen LogP contribution in [0.3, 0.4) is 0 Å². The number of aromatic nitrogens is 7. The number of imidazole rings is 1. The number of carbonyl (C=O) groups is 1. The molecule has 0 unspecified atom stereocenters. The van der Waals surface area contributed by atoms with Crippen LogP contribution in [0.1, 0.15) is 19.3 Å². The Kier molecular flexibility index (Phi) is 6.25. The molecule has 0 aliphatic carbocycles. The van der Waals surface area contributed by atoms with Crippen molar-refractivity contribution >= 4 is 45.1 Å². The van der Waals surface area contributed by atoms with Crippen LogP contribution in [0.2, 0.25) is 0 Å². The molecule has 0 atom stereocenters. The van der Waals surface area contributed by atoms with Crippen molar-refractivity contribution < 1.29 is 9.18 Å². The minimum atomic E-state index is -0.255. The molecular formula is C28H24FN9OS. The number of aromatic amines is 2. The molecule has 0 spiro atoms. The Balaban J connectivity index is 1.19. The van der Waals surface area contributed by atoms with E-state index in [4.69, 9.17) is 4.98 Å². The van der Waals surface area contributed by atoms with E-state index in [1.54, 1.807) is 24.7 Å². The monoisotopic (exact) mass is 553 g/mol. The second-order valence-corrected chi connectivity index (χ2v) is 10.9. The van der Waals surface area contributed by atoms with Gasteiger partial charge in [0, 0.05) is 34.8 Å². The molecule has 1 aliphatic heterocycles. The highest BCUT2D eigenvalue weighted by Crippen LogP contribution is 2.34. The fourth-order valence-corrected chi connectivity index (χ4v) is 5.88. The fraction of sp³-hybridized carbons (Fsp3) is 0.214. The maximum atomic E-state index is 13.7. The zero-order chi connectivity index (χ0) is 27.1. The quantitative estimate of drug-likeness (QED) is 0.224. The van der Waals surface area contributed by atoms with Crippen LogP contribution >= 0.6 is 11.3 Å². The van der Waals surface area contributed by atoms with E-state index in [1.165, 1.54) is 6.07 Å². The van der Waals surface area contributed by atoms with Crippen molar-refractivity contribution in [1.29, 1.82) is 0 Å². The molecule has 4 N–H and O–H groups in total. The number of piperidine rings is 1. The molecule has 1 aliphatic rings. The lowest BCUT2D eigenvalue weighted by molar-refractivity contribution is -0.117. The van der Waals surface area contributed by atoms with Crippen LogP contribution in [0.4, 0.5) is 10.1 Å². The van der Waals surface area contributed by atoms with Gasteiger partial charge in [0.1, 0.15) is 5.52 Å². The van der Waals surface area contributed by atoms with Gasteiger partial charge >= 0.3 is 0 Å². The molecular weight excluding hydrogens is 529 g/mol. The van der Waals surface area contributed by atoms with Crippen LogP contribution in [0.15, 0.2) is 55.0 Å². The van der Waals surface area contributed by atoms with Gasteiger partial charge in [-0.3, -0.25) is 14.9 Å². The molecule has 1 fully saturated rings. The van der Waals surface area contributed by atoms with Gasteiger partial charge in [-0.25, -0.2) is 15.0 Å². The van der Waals surface area contributed by atoms with E-state index in [2.05, 4.69) is 40.8 Å². The summed E-state index contributed by atoms with van der Waals surface area (Å²) in [6.07, 6.45) is 7.54. The number of rotatable bonds is 6. The van der Waals surface area contributed by atoms with Crippen molar-refractivity contribution in [3.05, 3.63) is 60.1 Å². The predicted molar refractivity (Wildman–Crippen MR) is 152 cm³/mol. The fourth-order valence-electron chi connectivity index (χ4n) is 5.12. The van der Waals surface area contributed by atoms with Gasteiger partial charge in [-0.05, 0) is 68.2 Å². The van der Waals surface area contributed by atoms with E-state index in [9.17, 15) is 9.18 Å². The standard InChI is InChI=1S/C28H24FN9OS/c29-22-4-3-21(40-22)18-7-10-32-27-24(18)35-28(36-27)26-25-20(37-38-26)2-1-19(34-25)16-12-17(14-31-13-16)33-23(39)11-15-5-8-30-9-6-15/h1-4,7,10,12-15,30H,5-6,8-9,11H2,(H,33,39)(H,37,38)(H,32,35,36). The third kappa shape index (κ3) is 4.71. The predicted octanol–water partition coefficient (Wildman–Crippen LogP) is 5.15. The second kappa shape index (κ2) is 10.2. The average molecular weight is 554 g/mol. The molecule has 6 aromatic heterocycles. The highest BCUT2D eigenvalue weighted by molar-refractivity contribution is 7.14. The van der Waals surface area contributed by atoms with Gasteiger partial charge in [0.15, 0.2) is 22.3 Å². The first-order valence-electron chi connectivity index (χ1n) is 13.0. The SMILES string of the molecule is O=C(CC1CCNCC1)Nc1cncc(-c2ccc3[nH]nc(-c4nc5nccc(-c6ccc(F)s6)c5[nH]4)c3n2)c1. The number of H-pyrrole nitrogens is 2. The number of amides is 1. The summed E-state index contributed by atoms with van der Waals surface area (Å²) in [4.78, 5) is 35.0. The van der Waals surface area contributed by atoms with Crippen molar-refractivity contribution in [3.63, 3.8) is 0 Å². The van der Waals surface area contributed by atoms with Crippen LogP contribution in [-0.4, -0.2) is 54.1 Å². The van der Waals surface area contributed by atoms with E-state index in [-0.39, 0.29) is 11.0 Å². The molecule has 0 saturated carbocycles. The lowest BCUT2D eigenvalue weighted by Gasteiger charge is -2.21. The van der Waals surface area contributed by atoms with Gasteiger partial charge in [0.25, 0.3) is 0 Å². The first-order valence-corrected chi connectivity index (χ1v) is 13.8. The summed E-state index contributed by atoms with van der Waals surface area (Å²) in [7, 11) is 0. The normalized spacial score (nSPS) is 14.2. The van der Waals surface area contributed by atoms with E-state index >= 15 is 0 Å². The average Bonchev–Trinajstić information content (AvgIpc) is 3.71. The minimum absolute atomic E-state index is 0.00506. The smallest absolute Gasteiger partial charge is 0.224 e. The summed E-state index contributed by atoms with van der Waals surface area (Å²) < 4.78 is 13.7. The van der Waals surface area contributed by atoms with Gasteiger partial charge in [-0.2, -0.15) is 9.49 Å². The van der Waals surface area contributed by atoms with E-state index in [0.717, 1.165) is 58.8 Å². The number of carbonyl (C=O) groups excluding carboxylic acids is 1. The maximum absolute atomic E-state index is 13.7. The van der Waals surface area contributed by atoms with Gasteiger partial charge in [0.05, 0.1) is 28.6 Å². The number of anilines is 1. The Hall–Kier alpha value is -4.55. The molecule has 200 valence electrons. The number of halogens is 1.